The zero-order chi connectivity index (χ0) is 14.7. The summed E-state index contributed by atoms with van der Waals surface area (Å²) in [7, 11) is 0. The topological polar surface area (TPSA) is 15.3 Å². The molecule has 1 heterocycles. The summed E-state index contributed by atoms with van der Waals surface area (Å²) in [6.45, 7) is 5.71. The Morgan fingerprint density at radius 1 is 1.14 bits per heavy atom. The summed E-state index contributed by atoms with van der Waals surface area (Å²) in [5.41, 5.74) is 1.56. The van der Waals surface area contributed by atoms with Crippen molar-refractivity contribution < 1.29 is 0 Å². The Morgan fingerprint density at radius 2 is 1.81 bits per heavy atom. The number of hydrogen-bond donors (Lipinski definition) is 1. The van der Waals surface area contributed by atoms with E-state index in [0.717, 1.165) is 11.6 Å². The summed E-state index contributed by atoms with van der Waals surface area (Å²) in [4.78, 5) is 2.76. The number of hydrogen-bond acceptors (Lipinski definition) is 2. The van der Waals surface area contributed by atoms with Crippen molar-refractivity contribution in [2.45, 2.75) is 57.0 Å². The number of nitrogens with one attached hydrogen (secondary N) is 1. The SMILES string of the molecule is CCNC(c1ccccc1Cl)C1(N2CCCC2)CCCC1. The van der Waals surface area contributed by atoms with Crippen molar-refractivity contribution in [3.63, 3.8) is 0 Å². The minimum atomic E-state index is 0.275. The van der Waals surface area contributed by atoms with Gasteiger partial charge in [-0.1, -0.05) is 49.6 Å². The van der Waals surface area contributed by atoms with Gasteiger partial charge in [-0.2, -0.15) is 0 Å². The molecule has 1 saturated heterocycles. The Labute approximate surface area is 133 Å². The predicted octanol–water partition coefficient (Wildman–Crippen LogP) is 4.40. The summed E-state index contributed by atoms with van der Waals surface area (Å²) < 4.78 is 0. The maximum atomic E-state index is 6.54. The van der Waals surface area contributed by atoms with Crippen molar-refractivity contribution in [1.29, 1.82) is 0 Å². The molecule has 0 bridgehead atoms. The smallest absolute Gasteiger partial charge is 0.0521 e. The summed E-state index contributed by atoms with van der Waals surface area (Å²) in [5, 5.41) is 4.68. The van der Waals surface area contributed by atoms with Gasteiger partial charge in [0.25, 0.3) is 0 Å². The van der Waals surface area contributed by atoms with E-state index in [-0.39, 0.29) is 5.54 Å². The average molecular weight is 307 g/mol. The molecule has 1 atom stereocenters. The van der Waals surface area contributed by atoms with Crippen LogP contribution in [0.2, 0.25) is 5.02 Å². The molecule has 0 aromatic heterocycles. The van der Waals surface area contributed by atoms with E-state index in [9.17, 15) is 0 Å². The lowest BCUT2D eigenvalue weighted by Gasteiger charge is -2.46. The second-order valence-corrected chi connectivity index (χ2v) is 6.92. The van der Waals surface area contributed by atoms with Gasteiger partial charge >= 0.3 is 0 Å². The first-order valence-corrected chi connectivity index (χ1v) is 8.88. The Morgan fingerprint density at radius 3 is 2.43 bits per heavy atom. The molecule has 1 N–H and O–H groups in total. The van der Waals surface area contributed by atoms with E-state index < -0.39 is 0 Å². The fourth-order valence-corrected chi connectivity index (χ4v) is 4.68. The van der Waals surface area contributed by atoms with E-state index in [1.807, 2.05) is 12.1 Å². The van der Waals surface area contributed by atoms with E-state index in [0.29, 0.717) is 6.04 Å². The zero-order valence-electron chi connectivity index (χ0n) is 13.1. The molecular weight excluding hydrogens is 280 g/mol. The standard InChI is InChI=1S/C18H27ClN2/c1-2-20-17(15-9-3-4-10-16(15)19)18(11-5-6-12-18)21-13-7-8-14-21/h3-4,9-10,17,20H,2,5-8,11-14H2,1H3. The van der Waals surface area contributed by atoms with Gasteiger partial charge in [-0.15, -0.1) is 0 Å². The number of nitrogens with zero attached hydrogens (tertiary/aromatic N) is 1. The van der Waals surface area contributed by atoms with Gasteiger partial charge in [-0.05, 0) is 56.9 Å². The third-order valence-electron chi connectivity index (χ3n) is 5.37. The minimum absolute atomic E-state index is 0.275. The van der Waals surface area contributed by atoms with Crippen LogP contribution in [0.15, 0.2) is 24.3 Å². The van der Waals surface area contributed by atoms with E-state index in [2.05, 4.69) is 29.3 Å². The monoisotopic (exact) mass is 306 g/mol. The lowest BCUT2D eigenvalue weighted by atomic mass is 9.82. The fourth-order valence-electron chi connectivity index (χ4n) is 4.44. The zero-order valence-corrected chi connectivity index (χ0v) is 13.8. The van der Waals surface area contributed by atoms with Gasteiger partial charge in [-0.3, -0.25) is 4.90 Å². The Bertz CT molecular complexity index is 462. The number of rotatable bonds is 5. The van der Waals surface area contributed by atoms with E-state index >= 15 is 0 Å². The van der Waals surface area contributed by atoms with Gasteiger partial charge in [0.15, 0.2) is 0 Å². The highest BCUT2D eigenvalue weighted by Gasteiger charge is 2.47. The first-order valence-electron chi connectivity index (χ1n) is 8.51. The quantitative estimate of drug-likeness (QED) is 0.867. The normalized spacial score (nSPS) is 23.5. The van der Waals surface area contributed by atoms with Crippen molar-refractivity contribution in [3.8, 4) is 0 Å². The van der Waals surface area contributed by atoms with Crippen molar-refractivity contribution in [2.75, 3.05) is 19.6 Å². The first-order chi connectivity index (χ1) is 10.3. The number of likely N-dealkylation sites (N-methyl/N-ethyl adjacent to an activating group) is 1. The van der Waals surface area contributed by atoms with Crippen LogP contribution < -0.4 is 5.32 Å². The molecule has 1 saturated carbocycles. The molecule has 0 radical (unpaired) electrons. The summed E-state index contributed by atoms with van der Waals surface area (Å²) in [6, 6.07) is 8.76. The molecule has 116 valence electrons. The lowest BCUT2D eigenvalue weighted by Crippen LogP contribution is -2.54. The molecule has 21 heavy (non-hydrogen) atoms. The largest absolute Gasteiger partial charge is 0.309 e. The molecule has 2 nitrogen and oxygen atoms in total. The van der Waals surface area contributed by atoms with Gasteiger partial charge in [0.05, 0.1) is 6.04 Å². The van der Waals surface area contributed by atoms with Gasteiger partial charge in [0, 0.05) is 10.6 Å². The Balaban J connectivity index is 1.99. The second-order valence-electron chi connectivity index (χ2n) is 6.52. The molecular formula is C18H27ClN2. The highest BCUT2D eigenvalue weighted by molar-refractivity contribution is 6.31. The number of likely N-dealkylation sites (tertiary alicyclic amines) is 1. The van der Waals surface area contributed by atoms with E-state index in [1.54, 1.807) is 0 Å². The number of halogens is 1. The van der Waals surface area contributed by atoms with Crippen LogP contribution in [0.4, 0.5) is 0 Å². The van der Waals surface area contributed by atoms with Crippen LogP contribution in [0.5, 0.6) is 0 Å². The molecule has 1 aromatic rings. The van der Waals surface area contributed by atoms with Crippen LogP contribution in [0.3, 0.4) is 0 Å². The molecule has 1 aromatic carbocycles. The maximum Gasteiger partial charge on any atom is 0.0521 e. The molecule has 1 aliphatic carbocycles. The van der Waals surface area contributed by atoms with Crippen LogP contribution in [0.1, 0.15) is 57.1 Å². The van der Waals surface area contributed by atoms with Crippen LogP contribution in [-0.4, -0.2) is 30.1 Å². The molecule has 1 unspecified atom stereocenters. The van der Waals surface area contributed by atoms with Crippen LogP contribution in [0, 0.1) is 0 Å². The van der Waals surface area contributed by atoms with Crippen molar-refractivity contribution in [3.05, 3.63) is 34.9 Å². The Kier molecular flexibility index (Phi) is 4.88. The molecule has 3 heteroatoms. The third kappa shape index (κ3) is 2.86. The van der Waals surface area contributed by atoms with Gasteiger partial charge < -0.3 is 5.32 Å². The van der Waals surface area contributed by atoms with Crippen LogP contribution >= 0.6 is 11.6 Å². The van der Waals surface area contributed by atoms with Crippen molar-refractivity contribution in [2.24, 2.45) is 0 Å². The third-order valence-corrected chi connectivity index (χ3v) is 5.71. The van der Waals surface area contributed by atoms with Crippen molar-refractivity contribution in [1.82, 2.24) is 10.2 Å². The van der Waals surface area contributed by atoms with Crippen molar-refractivity contribution >= 4 is 11.6 Å². The number of benzene rings is 1. The molecule has 0 spiro atoms. The summed E-state index contributed by atoms with van der Waals surface area (Å²) in [6.07, 6.45) is 8.00. The van der Waals surface area contributed by atoms with Gasteiger partial charge in [0.2, 0.25) is 0 Å². The molecule has 1 aliphatic heterocycles. The lowest BCUT2D eigenvalue weighted by molar-refractivity contribution is 0.0771. The highest BCUT2D eigenvalue weighted by atomic mass is 35.5. The van der Waals surface area contributed by atoms with Gasteiger partial charge in [0.1, 0.15) is 0 Å². The van der Waals surface area contributed by atoms with E-state index in [4.69, 9.17) is 11.6 Å². The summed E-state index contributed by atoms with van der Waals surface area (Å²) >= 11 is 6.54. The minimum Gasteiger partial charge on any atom is -0.309 e. The first kappa shape index (κ1) is 15.3. The molecule has 0 amide bonds. The molecule has 3 rings (SSSR count). The predicted molar refractivity (Wildman–Crippen MR) is 89.9 cm³/mol. The molecule has 2 fully saturated rings. The Hall–Kier alpha value is -0.570. The van der Waals surface area contributed by atoms with E-state index in [1.165, 1.54) is 57.2 Å². The molecule has 2 aliphatic rings. The second kappa shape index (κ2) is 6.68. The highest BCUT2D eigenvalue weighted by Crippen LogP contribution is 2.47. The van der Waals surface area contributed by atoms with Crippen LogP contribution in [0.25, 0.3) is 0 Å². The maximum absolute atomic E-state index is 6.54. The van der Waals surface area contributed by atoms with Gasteiger partial charge in [-0.25, -0.2) is 0 Å². The fraction of sp³-hybridized carbons (Fsp3) is 0.667. The average Bonchev–Trinajstić information content (AvgIpc) is 3.17. The van der Waals surface area contributed by atoms with Crippen LogP contribution in [-0.2, 0) is 0 Å². The summed E-state index contributed by atoms with van der Waals surface area (Å²) in [5.74, 6) is 0.